The SMILES string of the molecule is COc1ccccc1CCNc1ccnc(C(=O)NCc2ccc(C)cc2)c1. The second-order valence-electron chi connectivity index (χ2n) is 6.59. The van der Waals surface area contributed by atoms with E-state index in [0.29, 0.717) is 12.2 Å². The number of nitrogens with zero attached hydrogens (tertiary/aromatic N) is 1. The molecule has 1 aromatic heterocycles. The molecular weight excluding hydrogens is 350 g/mol. The number of ether oxygens (including phenoxy) is 1. The van der Waals surface area contributed by atoms with Gasteiger partial charge in [0, 0.05) is 25.0 Å². The van der Waals surface area contributed by atoms with E-state index in [4.69, 9.17) is 4.74 Å². The number of rotatable bonds is 8. The first kappa shape index (κ1) is 19.4. The number of benzene rings is 2. The highest BCUT2D eigenvalue weighted by Crippen LogP contribution is 2.18. The monoisotopic (exact) mass is 375 g/mol. The van der Waals surface area contributed by atoms with Crippen LogP contribution in [0.25, 0.3) is 0 Å². The maximum Gasteiger partial charge on any atom is 0.270 e. The lowest BCUT2D eigenvalue weighted by molar-refractivity contribution is 0.0946. The highest BCUT2D eigenvalue weighted by Gasteiger charge is 2.08. The van der Waals surface area contributed by atoms with Crippen molar-refractivity contribution in [3.8, 4) is 5.75 Å². The minimum atomic E-state index is -0.186. The van der Waals surface area contributed by atoms with Crippen molar-refractivity contribution in [2.45, 2.75) is 19.9 Å². The first-order chi connectivity index (χ1) is 13.7. The third-order valence-corrected chi connectivity index (χ3v) is 4.48. The number of anilines is 1. The third-order valence-electron chi connectivity index (χ3n) is 4.48. The molecule has 1 heterocycles. The van der Waals surface area contributed by atoms with Crippen molar-refractivity contribution in [1.29, 1.82) is 0 Å². The number of hydrogen-bond donors (Lipinski definition) is 2. The summed E-state index contributed by atoms with van der Waals surface area (Å²) in [5, 5.41) is 6.26. The fraction of sp³-hybridized carbons (Fsp3) is 0.217. The Bertz CT molecular complexity index is 923. The first-order valence-electron chi connectivity index (χ1n) is 9.31. The highest BCUT2D eigenvalue weighted by atomic mass is 16.5. The van der Waals surface area contributed by atoms with Crippen molar-refractivity contribution in [2.24, 2.45) is 0 Å². The van der Waals surface area contributed by atoms with Crippen LogP contribution in [0.15, 0.2) is 66.9 Å². The van der Waals surface area contributed by atoms with E-state index in [9.17, 15) is 4.79 Å². The predicted molar refractivity (Wildman–Crippen MR) is 112 cm³/mol. The van der Waals surface area contributed by atoms with Crippen molar-refractivity contribution >= 4 is 11.6 Å². The van der Waals surface area contributed by atoms with Gasteiger partial charge in [0.2, 0.25) is 0 Å². The zero-order valence-electron chi connectivity index (χ0n) is 16.2. The summed E-state index contributed by atoms with van der Waals surface area (Å²) >= 11 is 0. The summed E-state index contributed by atoms with van der Waals surface area (Å²) in [6.07, 6.45) is 2.47. The summed E-state index contributed by atoms with van der Waals surface area (Å²) in [6.45, 7) is 3.25. The van der Waals surface area contributed by atoms with Gasteiger partial charge in [-0.25, -0.2) is 0 Å². The Morgan fingerprint density at radius 2 is 1.86 bits per heavy atom. The van der Waals surface area contributed by atoms with Crippen LogP contribution < -0.4 is 15.4 Å². The molecule has 0 atom stereocenters. The van der Waals surface area contributed by atoms with Crippen molar-refractivity contribution in [1.82, 2.24) is 10.3 Å². The van der Waals surface area contributed by atoms with E-state index in [2.05, 4.69) is 21.7 Å². The number of pyridine rings is 1. The first-order valence-corrected chi connectivity index (χ1v) is 9.31. The number of amides is 1. The molecule has 2 N–H and O–H groups in total. The maximum atomic E-state index is 12.4. The topological polar surface area (TPSA) is 63.2 Å². The second kappa shape index (κ2) is 9.55. The Morgan fingerprint density at radius 3 is 2.64 bits per heavy atom. The van der Waals surface area contributed by atoms with E-state index in [1.807, 2.05) is 55.5 Å². The molecule has 5 nitrogen and oxygen atoms in total. The molecule has 0 unspecified atom stereocenters. The summed E-state index contributed by atoms with van der Waals surface area (Å²) < 4.78 is 5.38. The average Bonchev–Trinajstić information content (AvgIpc) is 2.73. The van der Waals surface area contributed by atoms with Gasteiger partial charge >= 0.3 is 0 Å². The summed E-state index contributed by atoms with van der Waals surface area (Å²) in [7, 11) is 1.68. The van der Waals surface area contributed by atoms with Gasteiger partial charge in [-0.2, -0.15) is 0 Å². The Labute approximate surface area is 165 Å². The molecule has 0 aliphatic rings. The van der Waals surface area contributed by atoms with Gasteiger partial charge in [0.25, 0.3) is 5.91 Å². The number of nitrogens with one attached hydrogen (secondary N) is 2. The fourth-order valence-electron chi connectivity index (χ4n) is 2.89. The van der Waals surface area contributed by atoms with Crippen LogP contribution in [-0.2, 0) is 13.0 Å². The Kier molecular flexibility index (Phi) is 6.63. The van der Waals surface area contributed by atoms with Crippen LogP contribution in [0.5, 0.6) is 5.75 Å². The van der Waals surface area contributed by atoms with E-state index < -0.39 is 0 Å². The Balaban J connectivity index is 1.54. The molecule has 0 aliphatic carbocycles. The highest BCUT2D eigenvalue weighted by molar-refractivity contribution is 5.93. The summed E-state index contributed by atoms with van der Waals surface area (Å²) in [5.74, 6) is 0.698. The molecule has 0 aliphatic heterocycles. The van der Waals surface area contributed by atoms with E-state index in [-0.39, 0.29) is 5.91 Å². The van der Waals surface area contributed by atoms with Crippen LogP contribution in [-0.4, -0.2) is 24.5 Å². The largest absolute Gasteiger partial charge is 0.496 e. The summed E-state index contributed by atoms with van der Waals surface area (Å²) in [6, 6.07) is 19.7. The van der Waals surface area contributed by atoms with Gasteiger partial charge in [0.15, 0.2) is 0 Å². The van der Waals surface area contributed by atoms with Gasteiger partial charge in [0.1, 0.15) is 11.4 Å². The minimum absolute atomic E-state index is 0.186. The number of aromatic nitrogens is 1. The van der Waals surface area contributed by atoms with Crippen LogP contribution in [0.1, 0.15) is 27.2 Å². The molecule has 3 aromatic rings. The molecule has 5 heteroatoms. The number of methoxy groups -OCH3 is 1. The zero-order valence-corrected chi connectivity index (χ0v) is 16.2. The fourth-order valence-corrected chi connectivity index (χ4v) is 2.89. The number of carbonyl (C=O) groups excluding carboxylic acids is 1. The normalized spacial score (nSPS) is 10.4. The van der Waals surface area contributed by atoms with Crippen molar-refractivity contribution in [2.75, 3.05) is 19.0 Å². The maximum absolute atomic E-state index is 12.4. The standard InChI is InChI=1S/C23H25N3O2/c1-17-7-9-18(10-8-17)16-26-23(27)21-15-20(12-14-25-21)24-13-11-19-5-3-4-6-22(19)28-2/h3-10,12,14-15H,11,13,16H2,1-2H3,(H,24,25)(H,26,27). The molecule has 0 fully saturated rings. The van der Waals surface area contributed by atoms with E-state index in [1.165, 1.54) is 5.56 Å². The van der Waals surface area contributed by atoms with Crippen LogP contribution >= 0.6 is 0 Å². The smallest absolute Gasteiger partial charge is 0.270 e. The molecule has 2 aromatic carbocycles. The quantitative estimate of drug-likeness (QED) is 0.625. The molecule has 1 amide bonds. The van der Waals surface area contributed by atoms with Crippen molar-refractivity contribution in [3.05, 3.63) is 89.2 Å². The lowest BCUT2D eigenvalue weighted by Gasteiger charge is -2.11. The lowest BCUT2D eigenvalue weighted by Crippen LogP contribution is -2.24. The summed E-state index contributed by atoms with van der Waals surface area (Å²) in [4.78, 5) is 16.6. The van der Waals surface area contributed by atoms with Gasteiger partial charge in [-0.1, -0.05) is 48.0 Å². The second-order valence-corrected chi connectivity index (χ2v) is 6.59. The minimum Gasteiger partial charge on any atom is -0.496 e. The van der Waals surface area contributed by atoms with Gasteiger partial charge in [0.05, 0.1) is 7.11 Å². The number of para-hydroxylation sites is 1. The molecule has 144 valence electrons. The zero-order chi connectivity index (χ0) is 19.8. The van der Waals surface area contributed by atoms with Gasteiger partial charge < -0.3 is 15.4 Å². The number of aryl methyl sites for hydroxylation is 1. The Hall–Kier alpha value is -3.34. The molecule has 0 radical (unpaired) electrons. The molecule has 28 heavy (non-hydrogen) atoms. The van der Waals surface area contributed by atoms with Crippen LogP contribution in [0.2, 0.25) is 0 Å². The summed E-state index contributed by atoms with van der Waals surface area (Å²) in [5.41, 5.74) is 4.66. The van der Waals surface area contributed by atoms with Gasteiger partial charge in [-0.15, -0.1) is 0 Å². The Morgan fingerprint density at radius 1 is 1.07 bits per heavy atom. The van der Waals surface area contributed by atoms with E-state index >= 15 is 0 Å². The van der Waals surface area contributed by atoms with Gasteiger partial charge in [-0.3, -0.25) is 9.78 Å². The molecule has 0 bridgehead atoms. The molecular formula is C23H25N3O2. The number of carbonyl (C=O) groups is 1. The number of hydrogen-bond acceptors (Lipinski definition) is 4. The molecule has 0 saturated carbocycles. The van der Waals surface area contributed by atoms with E-state index in [1.54, 1.807) is 19.4 Å². The van der Waals surface area contributed by atoms with E-state index in [0.717, 1.165) is 35.5 Å². The van der Waals surface area contributed by atoms with Crippen LogP contribution in [0.3, 0.4) is 0 Å². The van der Waals surface area contributed by atoms with Crippen molar-refractivity contribution < 1.29 is 9.53 Å². The average molecular weight is 375 g/mol. The molecule has 3 rings (SSSR count). The van der Waals surface area contributed by atoms with Crippen LogP contribution in [0.4, 0.5) is 5.69 Å². The third kappa shape index (κ3) is 5.33. The van der Waals surface area contributed by atoms with Crippen molar-refractivity contribution in [3.63, 3.8) is 0 Å². The molecule has 0 saturated heterocycles. The van der Waals surface area contributed by atoms with Crippen LogP contribution in [0, 0.1) is 6.92 Å². The predicted octanol–water partition coefficient (Wildman–Crippen LogP) is 3.98. The molecule has 0 spiro atoms. The van der Waals surface area contributed by atoms with Gasteiger partial charge in [-0.05, 0) is 42.7 Å². The lowest BCUT2D eigenvalue weighted by atomic mass is 10.1.